The van der Waals surface area contributed by atoms with Crippen LogP contribution in [0.5, 0.6) is 0 Å². The number of hydrogen-bond donors (Lipinski definition) is 2. The summed E-state index contributed by atoms with van der Waals surface area (Å²) in [7, 11) is -1.50. The highest BCUT2D eigenvalue weighted by atomic mass is 31.2. The van der Waals surface area contributed by atoms with Gasteiger partial charge in [0.15, 0.2) is 0 Å². The monoisotopic (exact) mass is 185 g/mol. The van der Waals surface area contributed by atoms with Crippen molar-refractivity contribution >= 4 is 12.7 Å². The summed E-state index contributed by atoms with van der Waals surface area (Å²) in [5.74, 6) is 0. The quantitative estimate of drug-likeness (QED) is 0.683. The Morgan fingerprint density at radius 2 is 2.00 bits per heavy atom. The summed E-state index contributed by atoms with van der Waals surface area (Å²) >= 11 is 0. The minimum Gasteiger partial charge on any atom is -0.340 e. The second kappa shape index (κ2) is 3.85. The lowest BCUT2D eigenvalue weighted by Crippen LogP contribution is -2.15. The van der Waals surface area contributed by atoms with Crippen LogP contribution < -0.4 is 10.6 Å². The van der Waals surface area contributed by atoms with E-state index in [4.69, 9.17) is 0 Å². The summed E-state index contributed by atoms with van der Waals surface area (Å²) in [4.78, 5) is 9.48. The van der Waals surface area contributed by atoms with E-state index in [1.807, 2.05) is 6.07 Å². The van der Waals surface area contributed by atoms with Gasteiger partial charge in [-0.3, -0.25) is 4.57 Å². The van der Waals surface area contributed by atoms with Crippen LogP contribution in [0.15, 0.2) is 30.3 Å². The average Bonchev–Trinajstić information content (AvgIpc) is 2.06. The first kappa shape index (κ1) is 9.46. The van der Waals surface area contributed by atoms with Crippen LogP contribution in [0.25, 0.3) is 0 Å². The first-order chi connectivity index (χ1) is 5.67. The molecule has 0 saturated heterocycles. The molecule has 0 aliphatic heterocycles. The minimum atomic E-state index is -3.16. The summed E-state index contributed by atoms with van der Waals surface area (Å²) in [5, 5.41) is 3.19. The molecular formula is C8H12NO2P. The van der Waals surface area contributed by atoms with Gasteiger partial charge < -0.3 is 10.2 Å². The molecular weight excluding hydrogens is 173 g/mol. The Hall–Kier alpha value is -0.630. The smallest absolute Gasteiger partial charge is 0.242 e. The maximum atomic E-state index is 11.5. The fourth-order valence-corrected chi connectivity index (χ4v) is 2.22. The maximum Gasteiger partial charge on any atom is 0.242 e. The molecule has 0 fully saturated rings. The standard InChI is InChI=1S/C8H12NO2P/c1-9-7-12(10,11)8-5-3-2-4-6-8/h2-6,9H,7H2,1H3,(H,10,11). The van der Waals surface area contributed by atoms with Crippen molar-refractivity contribution in [1.82, 2.24) is 5.32 Å². The Morgan fingerprint density at radius 1 is 1.42 bits per heavy atom. The predicted molar refractivity (Wildman–Crippen MR) is 49.8 cm³/mol. The molecule has 0 aliphatic carbocycles. The Morgan fingerprint density at radius 3 is 2.50 bits per heavy atom. The van der Waals surface area contributed by atoms with Crippen LogP contribution in [0.1, 0.15) is 0 Å². The number of nitrogens with one attached hydrogen (secondary N) is 1. The summed E-state index contributed by atoms with van der Waals surface area (Å²) in [5.41, 5.74) is 0. The lowest BCUT2D eigenvalue weighted by atomic mass is 10.4. The topological polar surface area (TPSA) is 49.3 Å². The largest absolute Gasteiger partial charge is 0.340 e. The van der Waals surface area contributed by atoms with Gasteiger partial charge in [0.25, 0.3) is 0 Å². The molecule has 0 aromatic heterocycles. The van der Waals surface area contributed by atoms with Gasteiger partial charge in [-0.1, -0.05) is 18.2 Å². The summed E-state index contributed by atoms with van der Waals surface area (Å²) in [6.07, 6.45) is 0.122. The molecule has 0 heterocycles. The van der Waals surface area contributed by atoms with Crippen LogP contribution >= 0.6 is 7.37 Å². The average molecular weight is 185 g/mol. The van der Waals surface area contributed by atoms with Crippen molar-refractivity contribution in [2.45, 2.75) is 0 Å². The summed E-state index contributed by atoms with van der Waals surface area (Å²) in [6, 6.07) is 8.67. The van der Waals surface area contributed by atoms with E-state index in [2.05, 4.69) is 5.32 Å². The first-order valence-corrected chi connectivity index (χ1v) is 5.53. The van der Waals surface area contributed by atoms with Gasteiger partial charge in [0, 0.05) is 5.30 Å². The molecule has 0 saturated carbocycles. The highest BCUT2D eigenvalue weighted by Gasteiger charge is 2.18. The third-order valence-electron chi connectivity index (χ3n) is 1.53. The molecule has 4 heteroatoms. The summed E-state index contributed by atoms with van der Waals surface area (Å²) < 4.78 is 11.5. The minimum absolute atomic E-state index is 0.122. The zero-order chi connectivity index (χ0) is 9.03. The molecule has 12 heavy (non-hydrogen) atoms. The van der Waals surface area contributed by atoms with E-state index in [9.17, 15) is 9.46 Å². The normalized spacial score (nSPS) is 15.5. The number of hydrogen-bond acceptors (Lipinski definition) is 2. The SMILES string of the molecule is CNCP(=O)(O)c1ccccc1. The molecule has 0 bridgehead atoms. The van der Waals surface area contributed by atoms with Crippen LogP contribution in [-0.4, -0.2) is 18.2 Å². The molecule has 0 spiro atoms. The van der Waals surface area contributed by atoms with Crippen molar-refractivity contribution in [3.63, 3.8) is 0 Å². The molecule has 66 valence electrons. The van der Waals surface area contributed by atoms with Gasteiger partial charge in [0.05, 0.1) is 6.29 Å². The fraction of sp³-hybridized carbons (Fsp3) is 0.250. The van der Waals surface area contributed by atoms with E-state index >= 15 is 0 Å². The van der Waals surface area contributed by atoms with Crippen molar-refractivity contribution in [3.05, 3.63) is 30.3 Å². The van der Waals surface area contributed by atoms with Crippen molar-refractivity contribution in [3.8, 4) is 0 Å². The fourth-order valence-electron chi connectivity index (χ4n) is 0.967. The highest BCUT2D eigenvalue weighted by Crippen LogP contribution is 2.36. The van der Waals surface area contributed by atoms with Crippen molar-refractivity contribution in [1.29, 1.82) is 0 Å². The van der Waals surface area contributed by atoms with Crippen LogP contribution in [0, 0.1) is 0 Å². The lowest BCUT2D eigenvalue weighted by Gasteiger charge is -2.09. The second-order valence-electron chi connectivity index (χ2n) is 2.55. The van der Waals surface area contributed by atoms with Gasteiger partial charge in [-0.25, -0.2) is 0 Å². The molecule has 0 amide bonds. The first-order valence-electron chi connectivity index (χ1n) is 3.69. The van der Waals surface area contributed by atoms with Crippen molar-refractivity contribution < 1.29 is 9.46 Å². The molecule has 1 unspecified atom stereocenters. The molecule has 0 aliphatic rings. The third-order valence-corrected chi connectivity index (χ3v) is 3.38. The van der Waals surface area contributed by atoms with Crippen LogP contribution in [0.3, 0.4) is 0 Å². The van der Waals surface area contributed by atoms with Gasteiger partial charge >= 0.3 is 0 Å². The zero-order valence-electron chi connectivity index (χ0n) is 6.90. The third kappa shape index (κ3) is 2.18. The molecule has 2 N–H and O–H groups in total. The van der Waals surface area contributed by atoms with E-state index in [1.54, 1.807) is 31.3 Å². The van der Waals surface area contributed by atoms with Gasteiger partial charge in [-0.2, -0.15) is 0 Å². The predicted octanol–water partition coefficient (Wildman–Crippen LogP) is 0.759. The number of rotatable bonds is 3. The van der Waals surface area contributed by atoms with Crippen molar-refractivity contribution in [2.24, 2.45) is 0 Å². The maximum absolute atomic E-state index is 11.5. The van der Waals surface area contributed by atoms with Crippen LogP contribution in [-0.2, 0) is 4.57 Å². The summed E-state index contributed by atoms with van der Waals surface area (Å²) in [6.45, 7) is 0. The van der Waals surface area contributed by atoms with E-state index in [1.165, 1.54) is 0 Å². The van der Waals surface area contributed by atoms with Crippen molar-refractivity contribution in [2.75, 3.05) is 13.3 Å². The van der Waals surface area contributed by atoms with Gasteiger partial charge in [0.1, 0.15) is 0 Å². The van der Waals surface area contributed by atoms with Gasteiger partial charge in [0.2, 0.25) is 7.37 Å². The Balaban J connectivity index is 2.90. The second-order valence-corrected chi connectivity index (χ2v) is 4.78. The molecule has 0 radical (unpaired) electrons. The number of benzene rings is 1. The highest BCUT2D eigenvalue weighted by molar-refractivity contribution is 7.66. The van der Waals surface area contributed by atoms with Gasteiger partial charge in [-0.15, -0.1) is 0 Å². The van der Waals surface area contributed by atoms with Gasteiger partial charge in [-0.05, 0) is 19.2 Å². The Bertz CT molecular complexity index is 286. The van der Waals surface area contributed by atoms with Crippen LogP contribution in [0.4, 0.5) is 0 Å². The molecule has 1 aromatic rings. The van der Waals surface area contributed by atoms with E-state index in [-0.39, 0.29) is 6.29 Å². The molecule has 3 nitrogen and oxygen atoms in total. The van der Waals surface area contributed by atoms with E-state index in [0.29, 0.717) is 5.30 Å². The Kier molecular flexibility index (Phi) is 3.04. The van der Waals surface area contributed by atoms with E-state index in [0.717, 1.165) is 0 Å². The van der Waals surface area contributed by atoms with Crippen LogP contribution in [0.2, 0.25) is 0 Å². The molecule has 1 aromatic carbocycles. The zero-order valence-corrected chi connectivity index (χ0v) is 7.79. The molecule has 1 atom stereocenters. The van der Waals surface area contributed by atoms with E-state index < -0.39 is 7.37 Å². The molecule has 1 rings (SSSR count). The Labute approximate surface area is 71.9 Å². The lowest BCUT2D eigenvalue weighted by molar-refractivity contribution is 0.486.